The minimum Gasteiger partial charge on any atom is -0.484 e. The molecule has 5 heteroatoms. The van der Waals surface area contributed by atoms with Crippen LogP contribution in [0, 0.1) is 20.8 Å². The molecule has 0 saturated carbocycles. The Bertz CT molecular complexity index is 1110. The number of rotatable bonds is 12. The highest BCUT2D eigenvalue weighted by atomic mass is 16.5. The number of hydrogen-bond acceptors (Lipinski definition) is 3. The Labute approximate surface area is 215 Å². The standard InChI is InChI=1S/C31H38N2O3/c1-5-6-16-32-31(35)29(20-26-10-8-7-9-11-26)33(21-27-14-12-23(2)13-15-27)30(34)22-36-28-18-24(3)17-25(4)19-28/h7-15,17-19,29H,5-6,16,20-22H2,1-4H3,(H,32,35). The molecule has 3 aromatic carbocycles. The number of aryl methyl sites for hydroxylation is 3. The highest BCUT2D eigenvalue weighted by molar-refractivity contribution is 5.88. The molecule has 2 amide bonds. The van der Waals surface area contributed by atoms with Crippen molar-refractivity contribution in [2.24, 2.45) is 0 Å². The van der Waals surface area contributed by atoms with Gasteiger partial charge in [-0.05, 0) is 61.6 Å². The number of unbranched alkanes of at least 4 members (excludes halogenated alkanes) is 1. The van der Waals surface area contributed by atoms with Gasteiger partial charge in [0, 0.05) is 19.5 Å². The molecule has 3 aromatic rings. The number of carbonyl (C=O) groups is 2. The number of nitrogens with zero attached hydrogens (tertiary/aromatic N) is 1. The molecule has 1 N–H and O–H groups in total. The van der Waals surface area contributed by atoms with Crippen LogP contribution in [0.3, 0.4) is 0 Å². The van der Waals surface area contributed by atoms with E-state index >= 15 is 0 Å². The molecule has 0 aliphatic rings. The predicted octanol–water partition coefficient (Wildman–Crippen LogP) is 5.55. The number of benzene rings is 3. The van der Waals surface area contributed by atoms with Gasteiger partial charge in [-0.3, -0.25) is 9.59 Å². The zero-order chi connectivity index (χ0) is 25.9. The summed E-state index contributed by atoms with van der Waals surface area (Å²) in [6.07, 6.45) is 2.31. The van der Waals surface area contributed by atoms with Crippen molar-refractivity contribution in [2.45, 2.75) is 59.5 Å². The van der Waals surface area contributed by atoms with E-state index in [1.807, 2.05) is 87.5 Å². The number of ether oxygens (including phenoxy) is 1. The average molecular weight is 487 g/mol. The van der Waals surface area contributed by atoms with E-state index < -0.39 is 6.04 Å². The molecule has 0 spiro atoms. The minimum atomic E-state index is -0.652. The topological polar surface area (TPSA) is 58.6 Å². The SMILES string of the molecule is CCCCNC(=O)C(Cc1ccccc1)N(Cc1ccc(C)cc1)C(=O)COc1cc(C)cc(C)c1. The van der Waals surface area contributed by atoms with Crippen LogP contribution in [0.15, 0.2) is 72.8 Å². The average Bonchev–Trinajstić information content (AvgIpc) is 2.86. The molecular formula is C31H38N2O3. The summed E-state index contributed by atoms with van der Waals surface area (Å²) in [6.45, 7) is 8.90. The maximum absolute atomic E-state index is 13.6. The lowest BCUT2D eigenvalue weighted by Crippen LogP contribution is -2.51. The summed E-state index contributed by atoms with van der Waals surface area (Å²) < 4.78 is 5.92. The van der Waals surface area contributed by atoms with E-state index in [0.717, 1.165) is 40.7 Å². The van der Waals surface area contributed by atoms with E-state index in [9.17, 15) is 9.59 Å². The third kappa shape index (κ3) is 8.26. The molecule has 0 saturated heterocycles. The first kappa shape index (κ1) is 27.0. The van der Waals surface area contributed by atoms with Gasteiger partial charge in [0.25, 0.3) is 5.91 Å². The summed E-state index contributed by atoms with van der Waals surface area (Å²) in [5.41, 5.74) is 5.27. The third-order valence-corrected chi connectivity index (χ3v) is 6.13. The zero-order valence-electron chi connectivity index (χ0n) is 21.9. The molecule has 1 unspecified atom stereocenters. The summed E-state index contributed by atoms with van der Waals surface area (Å²) in [4.78, 5) is 28.7. The molecule has 0 aliphatic carbocycles. The van der Waals surface area contributed by atoms with Crippen LogP contribution in [-0.4, -0.2) is 35.9 Å². The molecule has 190 valence electrons. The number of hydrogen-bond donors (Lipinski definition) is 1. The van der Waals surface area contributed by atoms with Gasteiger partial charge < -0.3 is 15.0 Å². The van der Waals surface area contributed by atoms with E-state index in [2.05, 4.69) is 18.3 Å². The van der Waals surface area contributed by atoms with Gasteiger partial charge in [-0.2, -0.15) is 0 Å². The normalized spacial score (nSPS) is 11.6. The molecule has 36 heavy (non-hydrogen) atoms. The van der Waals surface area contributed by atoms with Crippen LogP contribution in [0.4, 0.5) is 0 Å². The largest absolute Gasteiger partial charge is 0.484 e. The van der Waals surface area contributed by atoms with E-state index in [-0.39, 0.29) is 18.4 Å². The van der Waals surface area contributed by atoms with Crippen molar-refractivity contribution in [1.82, 2.24) is 10.2 Å². The fourth-order valence-electron chi connectivity index (χ4n) is 4.19. The minimum absolute atomic E-state index is 0.137. The Hall–Kier alpha value is -3.60. The quantitative estimate of drug-likeness (QED) is 0.342. The van der Waals surface area contributed by atoms with Gasteiger partial charge in [0.1, 0.15) is 11.8 Å². The van der Waals surface area contributed by atoms with Gasteiger partial charge >= 0.3 is 0 Å². The molecule has 1 atom stereocenters. The summed E-state index contributed by atoms with van der Waals surface area (Å²) in [5, 5.41) is 3.05. The van der Waals surface area contributed by atoms with Crippen LogP contribution in [0.1, 0.15) is 47.6 Å². The van der Waals surface area contributed by atoms with Crippen LogP contribution in [-0.2, 0) is 22.6 Å². The van der Waals surface area contributed by atoms with E-state index in [1.165, 1.54) is 0 Å². The molecule has 0 aromatic heterocycles. The summed E-state index contributed by atoms with van der Waals surface area (Å²) in [5.74, 6) is 0.295. The van der Waals surface area contributed by atoms with Gasteiger partial charge in [0.15, 0.2) is 6.61 Å². The summed E-state index contributed by atoms with van der Waals surface area (Å²) in [7, 11) is 0. The number of amides is 2. The van der Waals surface area contributed by atoms with E-state index in [4.69, 9.17) is 4.74 Å². The van der Waals surface area contributed by atoms with Crippen molar-refractivity contribution in [3.05, 3.63) is 101 Å². The second-order valence-corrected chi connectivity index (χ2v) is 9.47. The Balaban J connectivity index is 1.88. The van der Waals surface area contributed by atoms with Gasteiger partial charge in [0.05, 0.1) is 0 Å². The summed E-state index contributed by atoms with van der Waals surface area (Å²) in [6, 6.07) is 23.2. The maximum Gasteiger partial charge on any atom is 0.261 e. The summed E-state index contributed by atoms with van der Waals surface area (Å²) >= 11 is 0. The van der Waals surface area contributed by atoms with Gasteiger partial charge in [0.2, 0.25) is 5.91 Å². The van der Waals surface area contributed by atoms with Crippen molar-refractivity contribution in [3.8, 4) is 5.75 Å². The van der Waals surface area contributed by atoms with Crippen molar-refractivity contribution >= 4 is 11.8 Å². The molecule has 0 aliphatic heterocycles. The lowest BCUT2D eigenvalue weighted by Gasteiger charge is -2.31. The molecular weight excluding hydrogens is 448 g/mol. The number of nitrogens with one attached hydrogen (secondary N) is 1. The molecule has 3 rings (SSSR count). The monoisotopic (exact) mass is 486 g/mol. The Morgan fingerprint density at radius 3 is 2.17 bits per heavy atom. The van der Waals surface area contributed by atoms with Crippen molar-refractivity contribution < 1.29 is 14.3 Å². The predicted molar refractivity (Wildman–Crippen MR) is 145 cm³/mol. The zero-order valence-corrected chi connectivity index (χ0v) is 21.9. The Morgan fingerprint density at radius 1 is 0.861 bits per heavy atom. The lowest BCUT2D eigenvalue weighted by atomic mass is 10.0. The lowest BCUT2D eigenvalue weighted by molar-refractivity contribution is -0.142. The van der Waals surface area contributed by atoms with Gasteiger partial charge in [-0.25, -0.2) is 0 Å². The van der Waals surface area contributed by atoms with Crippen LogP contribution in [0.2, 0.25) is 0 Å². The molecule has 0 bridgehead atoms. The Morgan fingerprint density at radius 2 is 1.53 bits per heavy atom. The van der Waals surface area contributed by atoms with Gasteiger partial charge in [-0.15, -0.1) is 0 Å². The first-order valence-electron chi connectivity index (χ1n) is 12.7. The highest BCUT2D eigenvalue weighted by Gasteiger charge is 2.30. The molecule has 0 fully saturated rings. The first-order chi connectivity index (χ1) is 17.4. The fourth-order valence-corrected chi connectivity index (χ4v) is 4.19. The van der Waals surface area contributed by atoms with Crippen LogP contribution >= 0.6 is 0 Å². The number of carbonyl (C=O) groups excluding carboxylic acids is 2. The van der Waals surface area contributed by atoms with Crippen LogP contribution < -0.4 is 10.1 Å². The highest BCUT2D eigenvalue weighted by Crippen LogP contribution is 2.19. The van der Waals surface area contributed by atoms with Crippen molar-refractivity contribution in [3.63, 3.8) is 0 Å². The molecule has 5 nitrogen and oxygen atoms in total. The van der Waals surface area contributed by atoms with Gasteiger partial charge in [-0.1, -0.05) is 79.6 Å². The second kappa shape index (κ2) is 13.5. The first-order valence-corrected chi connectivity index (χ1v) is 12.7. The maximum atomic E-state index is 13.6. The molecule has 0 radical (unpaired) electrons. The van der Waals surface area contributed by atoms with Crippen molar-refractivity contribution in [2.75, 3.05) is 13.2 Å². The van der Waals surface area contributed by atoms with E-state index in [0.29, 0.717) is 25.3 Å². The molecule has 0 heterocycles. The third-order valence-electron chi connectivity index (χ3n) is 6.13. The Kier molecular flexibility index (Phi) is 10.1. The van der Waals surface area contributed by atoms with Crippen LogP contribution in [0.5, 0.6) is 5.75 Å². The fraction of sp³-hybridized carbons (Fsp3) is 0.355. The smallest absolute Gasteiger partial charge is 0.261 e. The van der Waals surface area contributed by atoms with Crippen LogP contribution in [0.25, 0.3) is 0 Å². The second-order valence-electron chi connectivity index (χ2n) is 9.47. The van der Waals surface area contributed by atoms with E-state index in [1.54, 1.807) is 4.90 Å². The van der Waals surface area contributed by atoms with Crippen molar-refractivity contribution in [1.29, 1.82) is 0 Å².